The minimum atomic E-state index is -0.139. The van der Waals surface area contributed by atoms with E-state index in [1.54, 1.807) is 0 Å². The fourth-order valence-electron chi connectivity index (χ4n) is 4.98. The molecule has 2 unspecified atom stereocenters. The third-order valence-corrected chi connectivity index (χ3v) is 7.48. The van der Waals surface area contributed by atoms with Crippen LogP contribution in [0.5, 0.6) is 0 Å². The number of aryl methyl sites for hydroxylation is 1. The average Bonchev–Trinajstić information content (AvgIpc) is 3.18. The van der Waals surface area contributed by atoms with Crippen LogP contribution in [0.2, 0.25) is 0 Å². The molecule has 1 fully saturated rings. The molecule has 182 valence electrons. The van der Waals surface area contributed by atoms with Gasteiger partial charge in [0, 0.05) is 30.5 Å². The van der Waals surface area contributed by atoms with Crippen molar-refractivity contribution in [3.8, 4) is 6.07 Å². The maximum Gasteiger partial charge on any atom is 0.243 e. The molecule has 1 N–H and O–H groups in total. The summed E-state index contributed by atoms with van der Waals surface area (Å²) in [4.78, 5) is 14.0. The van der Waals surface area contributed by atoms with Crippen molar-refractivity contribution >= 4 is 16.8 Å². The lowest BCUT2D eigenvalue weighted by molar-refractivity contribution is -0.116. The first-order chi connectivity index (χ1) is 16.2. The molecule has 5 heteroatoms. The Kier molecular flexibility index (Phi) is 8.74. The molecule has 1 aliphatic heterocycles. The van der Waals surface area contributed by atoms with Gasteiger partial charge in [-0.2, -0.15) is 5.26 Å². The zero-order chi connectivity index (χ0) is 24.8. The molecule has 2 aromatic rings. The number of carbonyl (C=O) groups is 1. The first-order valence-corrected chi connectivity index (χ1v) is 12.6. The van der Waals surface area contributed by atoms with Gasteiger partial charge in [0.1, 0.15) is 11.8 Å². The minimum Gasteiger partial charge on any atom is -0.352 e. The highest BCUT2D eigenvalue weighted by Crippen LogP contribution is 2.29. The van der Waals surface area contributed by atoms with Crippen molar-refractivity contribution < 1.29 is 4.79 Å². The van der Waals surface area contributed by atoms with E-state index in [0.717, 1.165) is 43.1 Å². The van der Waals surface area contributed by atoms with Crippen LogP contribution in [-0.4, -0.2) is 35.0 Å². The molecule has 2 heterocycles. The summed E-state index contributed by atoms with van der Waals surface area (Å²) in [7, 11) is 0. The molecule has 34 heavy (non-hydrogen) atoms. The number of nitriles is 1. The number of allylic oxidation sites excluding steroid dienone is 1. The van der Waals surface area contributed by atoms with Crippen molar-refractivity contribution in [2.24, 2.45) is 17.8 Å². The number of piperidine rings is 1. The molecule has 1 aromatic carbocycles. The van der Waals surface area contributed by atoms with Crippen molar-refractivity contribution in [1.29, 1.82) is 5.26 Å². The number of nitrogens with zero attached hydrogens (tertiary/aromatic N) is 3. The van der Waals surface area contributed by atoms with Crippen LogP contribution < -0.4 is 5.32 Å². The average molecular weight is 461 g/mol. The highest BCUT2D eigenvalue weighted by atomic mass is 16.1. The van der Waals surface area contributed by atoms with Crippen molar-refractivity contribution in [1.82, 2.24) is 14.8 Å². The van der Waals surface area contributed by atoms with Gasteiger partial charge >= 0.3 is 0 Å². The molecular formula is C29H40N4O. The Morgan fingerprint density at radius 1 is 1.32 bits per heavy atom. The molecule has 0 aliphatic carbocycles. The largest absolute Gasteiger partial charge is 0.352 e. The number of benzene rings is 1. The lowest BCUT2D eigenvalue weighted by Gasteiger charge is -2.30. The summed E-state index contributed by atoms with van der Waals surface area (Å²) in [5, 5.41) is 13.9. The topological polar surface area (TPSA) is 61.1 Å². The number of likely N-dealkylation sites (tertiary alicyclic amines) is 1. The third-order valence-electron chi connectivity index (χ3n) is 7.48. The van der Waals surface area contributed by atoms with E-state index >= 15 is 0 Å². The van der Waals surface area contributed by atoms with Crippen LogP contribution in [0.1, 0.15) is 56.9 Å². The van der Waals surface area contributed by atoms with Crippen molar-refractivity contribution in [2.75, 3.05) is 19.6 Å². The summed E-state index contributed by atoms with van der Waals surface area (Å²) < 4.78 is 2.11. The predicted octanol–water partition coefficient (Wildman–Crippen LogP) is 5.57. The smallest absolute Gasteiger partial charge is 0.243 e. The summed E-state index contributed by atoms with van der Waals surface area (Å²) >= 11 is 0. The Labute approximate surface area is 205 Å². The van der Waals surface area contributed by atoms with E-state index in [9.17, 15) is 10.1 Å². The first-order valence-electron chi connectivity index (χ1n) is 12.6. The van der Waals surface area contributed by atoms with Gasteiger partial charge in [-0.05, 0) is 86.4 Å². The maximum absolute atomic E-state index is 11.4. The Morgan fingerprint density at radius 2 is 2.03 bits per heavy atom. The number of carbonyl (C=O) groups excluding carboxylic acids is 1. The molecule has 0 saturated carbocycles. The molecule has 0 bridgehead atoms. The van der Waals surface area contributed by atoms with Gasteiger partial charge in [0.25, 0.3) is 0 Å². The van der Waals surface area contributed by atoms with Gasteiger partial charge in [0.05, 0.1) is 0 Å². The second-order valence-corrected chi connectivity index (χ2v) is 10.3. The van der Waals surface area contributed by atoms with Crippen LogP contribution in [0, 0.1) is 36.0 Å². The molecule has 0 radical (unpaired) electrons. The number of rotatable bonds is 10. The highest BCUT2D eigenvalue weighted by molar-refractivity contribution is 5.87. The summed E-state index contributed by atoms with van der Waals surface area (Å²) in [5.74, 6) is 1.30. The summed E-state index contributed by atoms with van der Waals surface area (Å²) in [5.41, 5.74) is 5.51. The third kappa shape index (κ3) is 6.18. The van der Waals surface area contributed by atoms with Crippen LogP contribution in [-0.2, 0) is 17.9 Å². The molecule has 1 aliphatic rings. The lowest BCUT2D eigenvalue weighted by Crippen LogP contribution is -2.32. The van der Waals surface area contributed by atoms with E-state index in [2.05, 4.69) is 73.8 Å². The number of fused-ring (bicyclic) bond motifs is 1. The van der Waals surface area contributed by atoms with Crippen LogP contribution in [0.25, 0.3) is 10.9 Å². The highest BCUT2D eigenvalue weighted by Gasteiger charge is 2.19. The van der Waals surface area contributed by atoms with Crippen LogP contribution in [0.3, 0.4) is 0 Å². The number of hydrogen-bond acceptors (Lipinski definition) is 3. The fraction of sp³-hybridized carbons (Fsp3) is 0.517. The van der Waals surface area contributed by atoms with Crippen LogP contribution in [0.4, 0.5) is 0 Å². The second-order valence-electron chi connectivity index (χ2n) is 10.3. The molecule has 1 saturated heterocycles. The predicted molar refractivity (Wildman–Crippen MR) is 140 cm³/mol. The Bertz CT molecular complexity index is 1080. The molecule has 0 spiro atoms. The van der Waals surface area contributed by atoms with E-state index in [1.165, 1.54) is 35.4 Å². The normalized spacial score (nSPS) is 16.7. The van der Waals surface area contributed by atoms with Crippen LogP contribution >= 0.6 is 0 Å². The van der Waals surface area contributed by atoms with Gasteiger partial charge in [0.15, 0.2) is 0 Å². The van der Waals surface area contributed by atoms with E-state index in [4.69, 9.17) is 0 Å². The molecular weight excluding hydrogens is 420 g/mol. The van der Waals surface area contributed by atoms with E-state index in [0.29, 0.717) is 24.7 Å². The monoisotopic (exact) mass is 460 g/mol. The SMILES string of the molecule is C=CC(=O)NCC(C)CC(C)C(=C)Cn1c(C#N)cc2c(C)c(CN3CCC(C)CC3)ccc21. The Morgan fingerprint density at radius 3 is 2.68 bits per heavy atom. The van der Waals surface area contributed by atoms with Crippen molar-refractivity contribution in [2.45, 2.75) is 60.0 Å². The molecule has 3 rings (SSSR count). The van der Waals surface area contributed by atoms with Gasteiger partial charge in [-0.1, -0.05) is 45.6 Å². The molecule has 5 nitrogen and oxygen atoms in total. The van der Waals surface area contributed by atoms with Gasteiger partial charge in [-0.25, -0.2) is 0 Å². The standard InChI is InChI=1S/C29H40N4O/c1-7-29(34)31-17-21(3)14-22(4)23(5)18-33-26(16-30)15-27-24(6)25(8-9-28(27)33)19-32-12-10-20(2)11-13-32/h7-9,15,20-22H,1,5,10-14,17-19H2,2-4,6H3,(H,31,34). The quantitative estimate of drug-likeness (QED) is 0.372. The van der Waals surface area contributed by atoms with Crippen molar-refractivity contribution in [3.63, 3.8) is 0 Å². The second kappa shape index (κ2) is 11.5. The lowest BCUT2D eigenvalue weighted by atomic mass is 9.91. The van der Waals surface area contributed by atoms with E-state index < -0.39 is 0 Å². The number of nitrogens with one attached hydrogen (secondary N) is 1. The zero-order valence-corrected chi connectivity index (χ0v) is 21.4. The van der Waals surface area contributed by atoms with E-state index in [-0.39, 0.29) is 11.8 Å². The summed E-state index contributed by atoms with van der Waals surface area (Å²) in [6, 6.07) is 8.85. The van der Waals surface area contributed by atoms with Crippen molar-refractivity contribution in [3.05, 3.63) is 59.8 Å². The Hall–Kier alpha value is -2.84. The minimum absolute atomic E-state index is 0.139. The van der Waals surface area contributed by atoms with Gasteiger partial charge in [-0.3, -0.25) is 9.69 Å². The maximum atomic E-state index is 11.4. The Balaban J connectivity index is 1.72. The molecule has 1 amide bonds. The molecule has 2 atom stereocenters. The van der Waals surface area contributed by atoms with Crippen LogP contribution in [0.15, 0.2) is 43.0 Å². The summed E-state index contributed by atoms with van der Waals surface area (Å²) in [6.45, 7) is 21.2. The number of hydrogen-bond donors (Lipinski definition) is 1. The summed E-state index contributed by atoms with van der Waals surface area (Å²) in [6.07, 6.45) is 4.77. The van der Waals surface area contributed by atoms with Gasteiger partial charge in [-0.15, -0.1) is 0 Å². The fourth-order valence-corrected chi connectivity index (χ4v) is 4.98. The molecule has 1 aromatic heterocycles. The first kappa shape index (κ1) is 25.8. The zero-order valence-electron chi connectivity index (χ0n) is 21.4. The van der Waals surface area contributed by atoms with Gasteiger partial charge < -0.3 is 9.88 Å². The number of amides is 1. The number of aromatic nitrogens is 1. The van der Waals surface area contributed by atoms with Gasteiger partial charge in [0.2, 0.25) is 5.91 Å². The van der Waals surface area contributed by atoms with E-state index in [1.807, 2.05) is 6.07 Å².